The molecule has 0 bridgehead atoms. The fourth-order valence-corrected chi connectivity index (χ4v) is 4.12. The summed E-state index contributed by atoms with van der Waals surface area (Å²) in [6.45, 7) is 0. The van der Waals surface area contributed by atoms with Gasteiger partial charge in [0.25, 0.3) is 0 Å². The number of fused-ring (bicyclic) bond motifs is 1. The summed E-state index contributed by atoms with van der Waals surface area (Å²) in [5.41, 5.74) is 3.85. The van der Waals surface area contributed by atoms with E-state index in [2.05, 4.69) is 10.1 Å². The van der Waals surface area contributed by atoms with Crippen molar-refractivity contribution in [1.29, 1.82) is 0 Å². The van der Waals surface area contributed by atoms with Crippen LogP contribution in [0.3, 0.4) is 0 Å². The van der Waals surface area contributed by atoms with Crippen LogP contribution in [0.5, 0.6) is 0 Å². The molecule has 8 heteroatoms. The van der Waals surface area contributed by atoms with Crippen molar-refractivity contribution in [3.05, 3.63) is 66.9 Å². The van der Waals surface area contributed by atoms with Gasteiger partial charge in [-0.05, 0) is 36.4 Å². The van der Waals surface area contributed by atoms with Crippen LogP contribution in [0.4, 0.5) is 0 Å². The topological polar surface area (TPSA) is 81.4 Å². The Morgan fingerprint density at radius 3 is 2.39 bits per heavy atom. The minimum atomic E-state index is -3.24. The van der Waals surface area contributed by atoms with E-state index in [1.807, 2.05) is 36.4 Å². The lowest BCUT2D eigenvalue weighted by Gasteiger charge is -2.06. The van der Waals surface area contributed by atoms with Crippen molar-refractivity contribution in [2.75, 3.05) is 12.5 Å². The van der Waals surface area contributed by atoms with Crippen LogP contribution < -0.4 is 0 Å². The van der Waals surface area contributed by atoms with E-state index in [1.54, 1.807) is 41.2 Å². The Bertz CT molecular complexity index is 1310. The highest BCUT2D eigenvalue weighted by atomic mass is 32.2. The smallest absolute Gasteiger partial charge is 0.175 e. The number of aromatic nitrogens is 3. The molecule has 0 fully saturated rings. The largest absolute Gasteiger partial charge is 0.255 e. The Hall–Kier alpha value is -2.84. The fourth-order valence-electron chi connectivity index (χ4n) is 2.93. The number of hydrogen-bond acceptors (Lipinski definition) is 5. The maximum absolute atomic E-state index is 11.8. The van der Waals surface area contributed by atoms with Crippen LogP contribution in [-0.4, -0.2) is 39.7 Å². The molecule has 0 aliphatic rings. The van der Waals surface area contributed by atoms with E-state index in [0.29, 0.717) is 11.3 Å². The molecule has 0 aliphatic heterocycles. The van der Waals surface area contributed by atoms with Crippen LogP contribution in [0.15, 0.2) is 76.7 Å². The molecule has 0 N–H and O–H groups in total. The van der Waals surface area contributed by atoms with Crippen molar-refractivity contribution in [2.24, 2.45) is 0 Å². The molecule has 2 aromatic heterocycles. The van der Waals surface area contributed by atoms with Gasteiger partial charge in [0.15, 0.2) is 15.5 Å². The maximum Gasteiger partial charge on any atom is 0.175 e. The van der Waals surface area contributed by atoms with Crippen LogP contribution in [0.2, 0.25) is 0 Å². The number of benzene rings is 2. The van der Waals surface area contributed by atoms with Gasteiger partial charge in [0.1, 0.15) is 0 Å². The lowest BCUT2D eigenvalue weighted by atomic mass is 10.1. The van der Waals surface area contributed by atoms with Gasteiger partial charge >= 0.3 is 0 Å². The van der Waals surface area contributed by atoms with E-state index in [-0.39, 0.29) is 4.90 Å². The van der Waals surface area contributed by atoms with Crippen LogP contribution in [0.25, 0.3) is 28.2 Å². The molecule has 0 saturated carbocycles. The molecule has 4 aromatic rings. The van der Waals surface area contributed by atoms with E-state index in [4.69, 9.17) is 0 Å². The molecule has 142 valence electrons. The van der Waals surface area contributed by atoms with Gasteiger partial charge in [-0.15, -0.1) is 0 Å². The van der Waals surface area contributed by atoms with Crippen molar-refractivity contribution in [2.45, 2.75) is 9.79 Å². The molecule has 2 aromatic carbocycles. The molecule has 1 unspecified atom stereocenters. The first-order chi connectivity index (χ1) is 13.3. The predicted octanol–water partition coefficient (Wildman–Crippen LogP) is 3.20. The van der Waals surface area contributed by atoms with E-state index < -0.39 is 20.6 Å². The minimum absolute atomic E-state index is 0.269. The average Bonchev–Trinajstić information content (AvgIpc) is 3.10. The predicted molar refractivity (Wildman–Crippen MR) is 109 cm³/mol. The van der Waals surface area contributed by atoms with E-state index in [9.17, 15) is 12.6 Å². The van der Waals surface area contributed by atoms with Crippen LogP contribution >= 0.6 is 0 Å². The number of nitrogens with zero attached hydrogens (tertiary/aromatic N) is 3. The van der Waals surface area contributed by atoms with E-state index >= 15 is 0 Å². The Labute approximate surface area is 165 Å². The molecule has 0 saturated heterocycles. The summed E-state index contributed by atoms with van der Waals surface area (Å²) in [7, 11) is -4.32. The highest BCUT2D eigenvalue weighted by Crippen LogP contribution is 2.25. The summed E-state index contributed by atoms with van der Waals surface area (Å²) in [4.78, 5) is 5.40. The number of hydrogen-bond donors (Lipinski definition) is 0. The van der Waals surface area contributed by atoms with Crippen LogP contribution in [0, 0.1) is 0 Å². The summed E-state index contributed by atoms with van der Waals surface area (Å²) in [5.74, 6) is 0. The number of imidazole rings is 1. The van der Waals surface area contributed by atoms with Gasteiger partial charge in [0.05, 0.1) is 22.5 Å². The molecule has 4 rings (SSSR count). The summed E-state index contributed by atoms with van der Waals surface area (Å²) in [5, 5.41) is 4.68. The monoisotopic (exact) mass is 411 g/mol. The normalized spacial score (nSPS) is 12.9. The molecule has 1 atom stereocenters. The maximum atomic E-state index is 11.8. The second-order valence-electron chi connectivity index (χ2n) is 6.41. The van der Waals surface area contributed by atoms with Gasteiger partial charge in [-0.2, -0.15) is 5.10 Å². The molecular formula is C20H17N3O3S2. The second-order valence-corrected chi connectivity index (χ2v) is 9.81. The molecule has 0 spiro atoms. The summed E-state index contributed by atoms with van der Waals surface area (Å²) in [6, 6.07) is 17.8. The third kappa shape index (κ3) is 3.48. The first kappa shape index (κ1) is 18.5. The standard InChI is InChI=1S/C20H17N3O3S2/c1-27(24)16-5-3-4-15(12-16)19-13-21-20-11-10-18(22-23(19)20)14-6-8-17(9-7-14)28(2,25)26/h3-13H,1-2H3. The highest BCUT2D eigenvalue weighted by Gasteiger charge is 2.11. The molecule has 0 aliphatic carbocycles. The van der Waals surface area contributed by atoms with Crippen molar-refractivity contribution in [3.63, 3.8) is 0 Å². The Morgan fingerprint density at radius 1 is 0.964 bits per heavy atom. The molecule has 2 heterocycles. The molecule has 0 amide bonds. The van der Waals surface area contributed by atoms with Crippen molar-refractivity contribution < 1.29 is 12.6 Å². The minimum Gasteiger partial charge on any atom is -0.255 e. The molecule has 28 heavy (non-hydrogen) atoms. The Balaban J connectivity index is 1.80. The highest BCUT2D eigenvalue weighted by molar-refractivity contribution is 7.90. The number of rotatable bonds is 4. The lowest BCUT2D eigenvalue weighted by Crippen LogP contribution is -1.99. The first-order valence-electron chi connectivity index (χ1n) is 8.42. The number of sulfone groups is 1. The third-order valence-electron chi connectivity index (χ3n) is 4.40. The van der Waals surface area contributed by atoms with Gasteiger partial charge in [-0.1, -0.05) is 24.3 Å². The first-order valence-corrected chi connectivity index (χ1v) is 11.9. The van der Waals surface area contributed by atoms with E-state index in [0.717, 1.165) is 21.7 Å². The average molecular weight is 412 g/mol. The van der Waals surface area contributed by atoms with Gasteiger partial charge in [0.2, 0.25) is 0 Å². The van der Waals surface area contributed by atoms with Gasteiger partial charge < -0.3 is 0 Å². The second kappa shape index (κ2) is 6.96. The van der Waals surface area contributed by atoms with Crippen LogP contribution in [0.1, 0.15) is 0 Å². The summed E-state index contributed by atoms with van der Waals surface area (Å²) >= 11 is 0. The summed E-state index contributed by atoms with van der Waals surface area (Å²) in [6.07, 6.45) is 4.56. The zero-order valence-corrected chi connectivity index (χ0v) is 16.9. The fraction of sp³-hybridized carbons (Fsp3) is 0.100. The molecular weight excluding hydrogens is 394 g/mol. The Kier molecular flexibility index (Phi) is 4.60. The molecule has 6 nitrogen and oxygen atoms in total. The Morgan fingerprint density at radius 2 is 1.71 bits per heavy atom. The van der Waals surface area contributed by atoms with Crippen molar-refractivity contribution >= 4 is 26.3 Å². The van der Waals surface area contributed by atoms with Crippen molar-refractivity contribution in [1.82, 2.24) is 14.6 Å². The van der Waals surface area contributed by atoms with E-state index in [1.165, 1.54) is 6.26 Å². The quantitative estimate of drug-likeness (QED) is 0.515. The molecule has 0 radical (unpaired) electrons. The van der Waals surface area contributed by atoms with Crippen molar-refractivity contribution in [3.8, 4) is 22.5 Å². The van der Waals surface area contributed by atoms with Crippen LogP contribution in [-0.2, 0) is 20.6 Å². The summed E-state index contributed by atoms with van der Waals surface area (Å²) < 4.78 is 36.8. The van der Waals surface area contributed by atoms with Gasteiger partial charge in [0, 0.05) is 39.3 Å². The lowest BCUT2D eigenvalue weighted by molar-refractivity contribution is 0.602. The van der Waals surface area contributed by atoms with Gasteiger partial charge in [-0.3, -0.25) is 4.21 Å². The SMILES string of the molecule is CS(=O)c1cccc(-c2cnc3ccc(-c4ccc(S(C)(=O)=O)cc4)nn23)c1. The zero-order valence-electron chi connectivity index (χ0n) is 15.2. The third-order valence-corrected chi connectivity index (χ3v) is 6.45. The zero-order chi connectivity index (χ0) is 19.9. The van der Waals surface area contributed by atoms with Gasteiger partial charge in [-0.25, -0.2) is 17.9 Å².